The first-order chi connectivity index (χ1) is 7.31. The van der Waals surface area contributed by atoms with Crippen LogP contribution in [0.4, 0.5) is 0 Å². The summed E-state index contributed by atoms with van der Waals surface area (Å²) in [4.78, 5) is 11.6. The van der Waals surface area contributed by atoms with E-state index in [0.717, 1.165) is 11.5 Å². The van der Waals surface area contributed by atoms with Crippen molar-refractivity contribution in [3.63, 3.8) is 0 Å². The van der Waals surface area contributed by atoms with Crippen molar-refractivity contribution >= 4 is 5.78 Å². The van der Waals surface area contributed by atoms with E-state index in [0.29, 0.717) is 12.8 Å². The largest absolute Gasteiger partial charge is 0.396 e. The SMILES string of the molecule is O=C(CCCO)c1ccc(C2CC2)cc1. The Labute approximate surface area is 89.9 Å². The van der Waals surface area contributed by atoms with Crippen LogP contribution < -0.4 is 0 Å². The number of carbonyl (C=O) groups is 1. The van der Waals surface area contributed by atoms with E-state index in [1.807, 2.05) is 12.1 Å². The van der Waals surface area contributed by atoms with E-state index in [1.165, 1.54) is 18.4 Å². The van der Waals surface area contributed by atoms with Gasteiger partial charge in [-0.25, -0.2) is 0 Å². The summed E-state index contributed by atoms with van der Waals surface area (Å²) in [6, 6.07) is 7.94. The van der Waals surface area contributed by atoms with Gasteiger partial charge in [0.05, 0.1) is 0 Å². The van der Waals surface area contributed by atoms with Crippen LogP contribution in [0.3, 0.4) is 0 Å². The molecular weight excluding hydrogens is 188 g/mol. The molecule has 0 atom stereocenters. The van der Waals surface area contributed by atoms with Crippen molar-refractivity contribution < 1.29 is 9.90 Å². The molecule has 0 aromatic heterocycles. The summed E-state index contributed by atoms with van der Waals surface area (Å²) in [5.41, 5.74) is 2.13. The lowest BCUT2D eigenvalue weighted by Crippen LogP contribution is -2.00. The second-order valence-electron chi connectivity index (χ2n) is 4.15. The molecule has 0 unspecified atom stereocenters. The smallest absolute Gasteiger partial charge is 0.162 e. The third-order valence-corrected chi connectivity index (χ3v) is 2.84. The molecule has 0 spiro atoms. The van der Waals surface area contributed by atoms with Crippen molar-refractivity contribution in [3.05, 3.63) is 35.4 Å². The fourth-order valence-electron chi connectivity index (χ4n) is 1.74. The minimum atomic E-state index is 0.0892. The second-order valence-corrected chi connectivity index (χ2v) is 4.15. The maximum absolute atomic E-state index is 11.6. The minimum absolute atomic E-state index is 0.0892. The molecule has 1 saturated carbocycles. The van der Waals surface area contributed by atoms with Crippen LogP contribution in [0.5, 0.6) is 0 Å². The Morgan fingerprint density at radius 1 is 1.27 bits per heavy atom. The molecule has 0 radical (unpaired) electrons. The normalized spacial score (nSPS) is 15.3. The molecule has 2 nitrogen and oxygen atoms in total. The number of hydrogen-bond acceptors (Lipinski definition) is 2. The lowest BCUT2D eigenvalue weighted by Gasteiger charge is -2.01. The molecule has 0 saturated heterocycles. The van der Waals surface area contributed by atoms with Crippen molar-refractivity contribution in [1.29, 1.82) is 0 Å². The summed E-state index contributed by atoms with van der Waals surface area (Å²) in [6.07, 6.45) is 3.58. The number of hydrogen-bond donors (Lipinski definition) is 1. The van der Waals surface area contributed by atoms with Gasteiger partial charge in [-0.2, -0.15) is 0 Å². The van der Waals surface area contributed by atoms with Gasteiger partial charge >= 0.3 is 0 Å². The first kappa shape index (κ1) is 10.4. The molecule has 15 heavy (non-hydrogen) atoms. The number of aliphatic hydroxyl groups excluding tert-OH is 1. The van der Waals surface area contributed by atoms with E-state index in [4.69, 9.17) is 5.11 Å². The van der Waals surface area contributed by atoms with Crippen molar-refractivity contribution in [2.45, 2.75) is 31.6 Å². The van der Waals surface area contributed by atoms with E-state index < -0.39 is 0 Å². The van der Waals surface area contributed by atoms with Crippen LogP contribution in [0, 0.1) is 0 Å². The monoisotopic (exact) mass is 204 g/mol. The minimum Gasteiger partial charge on any atom is -0.396 e. The molecule has 1 aromatic rings. The third-order valence-electron chi connectivity index (χ3n) is 2.84. The van der Waals surface area contributed by atoms with Crippen LogP contribution in [0.15, 0.2) is 24.3 Å². The molecule has 1 N–H and O–H groups in total. The molecule has 1 aromatic carbocycles. The number of ketones is 1. The highest BCUT2D eigenvalue weighted by atomic mass is 16.3. The predicted molar refractivity (Wildman–Crippen MR) is 59.1 cm³/mol. The summed E-state index contributed by atoms with van der Waals surface area (Å²) in [5.74, 6) is 0.873. The van der Waals surface area contributed by atoms with Crippen LogP contribution in [0.2, 0.25) is 0 Å². The molecule has 2 rings (SSSR count). The summed E-state index contributed by atoms with van der Waals surface area (Å²) in [6.45, 7) is 0.0892. The molecule has 80 valence electrons. The van der Waals surface area contributed by atoms with Crippen LogP contribution in [-0.2, 0) is 0 Å². The summed E-state index contributed by atoms with van der Waals surface area (Å²) in [5, 5.41) is 8.63. The summed E-state index contributed by atoms with van der Waals surface area (Å²) in [7, 11) is 0. The van der Waals surface area contributed by atoms with Gasteiger partial charge in [0.2, 0.25) is 0 Å². The van der Waals surface area contributed by atoms with Crippen LogP contribution in [0.1, 0.15) is 47.5 Å². The Kier molecular flexibility index (Phi) is 3.17. The first-order valence-electron chi connectivity index (χ1n) is 5.55. The van der Waals surface area contributed by atoms with Gasteiger partial charge < -0.3 is 5.11 Å². The molecular formula is C13H16O2. The molecule has 1 fully saturated rings. The van der Waals surface area contributed by atoms with E-state index in [2.05, 4.69) is 12.1 Å². The Hall–Kier alpha value is -1.15. The molecule has 0 amide bonds. The van der Waals surface area contributed by atoms with Crippen molar-refractivity contribution in [2.75, 3.05) is 6.61 Å². The second kappa shape index (κ2) is 4.58. The molecule has 1 aliphatic carbocycles. The van der Waals surface area contributed by atoms with Gasteiger partial charge in [0.25, 0.3) is 0 Å². The Morgan fingerprint density at radius 2 is 1.93 bits per heavy atom. The predicted octanol–water partition coefficient (Wildman–Crippen LogP) is 2.52. The van der Waals surface area contributed by atoms with Gasteiger partial charge in [-0.15, -0.1) is 0 Å². The standard InChI is InChI=1S/C13H16O2/c14-9-1-2-13(15)12-7-5-11(6-8-12)10-3-4-10/h5-8,10,14H,1-4,9H2. The molecule has 2 heteroatoms. The quantitative estimate of drug-likeness (QED) is 0.748. The topological polar surface area (TPSA) is 37.3 Å². The summed E-state index contributed by atoms with van der Waals surface area (Å²) >= 11 is 0. The number of rotatable bonds is 5. The van der Waals surface area contributed by atoms with Gasteiger partial charge in [0.15, 0.2) is 5.78 Å². The van der Waals surface area contributed by atoms with Crippen LogP contribution in [0.25, 0.3) is 0 Å². The summed E-state index contributed by atoms with van der Waals surface area (Å²) < 4.78 is 0. The highest BCUT2D eigenvalue weighted by Crippen LogP contribution is 2.39. The van der Waals surface area contributed by atoms with Gasteiger partial charge in [-0.3, -0.25) is 4.79 Å². The molecule has 0 heterocycles. The molecule has 1 aliphatic rings. The van der Waals surface area contributed by atoms with Crippen molar-refractivity contribution in [3.8, 4) is 0 Å². The van der Waals surface area contributed by atoms with E-state index >= 15 is 0 Å². The average Bonchev–Trinajstić information content (AvgIpc) is 3.10. The number of aliphatic hydroxyl groups is 1. The van der Waals surface area contributed by atoms with E-state index in [1.54, 1.807) is 0 Å². The highest BCUT2D eigenvalue weighted by molar-refractivity contribution is 5.96. The maximum atomic E-state index is 11.6. The highest BCUT2D eigenvalue weighted by Gasteiger charge is 2.23. The van der Waals surface area contributed by atoms with Crippen LogP contribution in [-0.4, -0.2) is 17.5 Å². The maximum Gasteiger partial charge on any atom is 0.162 e. The van der Waals surface area contributed by atoms with Crippen molar-refractivity contribution in [1.82, 2.24) is 0 Å². The zero-order chi connectivity index (χ0) is 10.7. The fourth-order valence-corrected chi connectivity index (χ4v) is 1.74. The first-order valence-corrected chi connectivity index (χ1v) is 5.55. The average molecular weight is 204 g/mol. The Balaban J connectivity index is 1.99. The molecule has 0 aliphatic heterocycles. The van der Waals surface area contributed by atoms with E-state index in [-0.39, 0.29) is 12.4 Å². The van der Waals surface area contributed by atoms with Gasteiger partial charge in [-0.1, -0.05) is 24.3 Å². The van der Waals surface area contributed by atoms with E-state index in [9.17, 15) is 4.79 Å². The van der Waals surface area contributed by atoms with Crippen molar-refractivity contribution in [2.24, 2.45) is 0 Å². The van der Waals surface area contributed by atoms with Gasteiger partial charge in [0, 0.05) is 18.6 Å². The molecule has 0 bridgehead atoms. The Bertz CT molecular complexity index is 336. The van der Waals surface area contributed by atoms with Gasteiger partial charge in [0.1, 0.15) is 0 Å². The van der Waals surface area contributed by atoms with Crippen LogP contribution >= 0.6 is 0 Å². The fraction of sp³-hybridized carbons (Fsp3) is 0.462. The lowest BCUT2D eigenvalue weighted by atomic mass is 10.0. The number of Topliss-reactive ketones (excluding diaryl/α,β-unsaturated/α-hetero) is 1. The number of carbonyl (C=O) groups excluding carboxylic acids is 1. The van der Waals surface area contributed by atoms with Gasteiger partial charge in [-0.05, 0) is 30.7 Å². The third kappa shape index (κ3) is 2.66. The zero-order valence-electron chi connectivity index (χ0n) is 8.78. The lowest BCUT2D eigenvalue weighted by molar-refractivity contribution is 0.0971. The number of benzene rings is 1. The zero-order valence-corrected chi connectivity index (χ0v) is 8.78. The Morgan fingerprint density at radius 3 is 2.47 bits per heavy atom.